The number of hydrogen-bond acceptors (Lipinski definition) is 2. The van der Waals surface area contributed by atoms with Crippen molar-refractivity contribution in [2.24, 2.45) is 0 Å². The Balaban J connectivity index is 2.00. The zero-order valence-corrected chi connectivity index (χ0v) is 19.3. The number of fused-ring (bicyclic) bond motifs is 1. The van der Waals surface area contributed by atoms with E-state index in [1.54, 1.807) is 12.1 Å². The van der Waals surface area contributed by atoms with Gasteiger partial charge in [0.25, 0.3) is 11.8 Å². The minimum atomic E-state index is -0.384. The van der Waals surface area contributed by atoms with E-state index in [-0.39, 0.29) is 23.0 Å². The molecule has 2 N–H and O–H groups in total. The SMILES string of the molecule is Cc1cc(Cl)c(C2=C3C(=O)NC(c4c(Cl)cc(C)cc4Br)=C3C(=O)N2)c(Br)c1. The van der Waals surface area contributed by atoms with Crippen LogP contribution in [0.25, 0.3) is 11.4 Å². The standard InChI is InChI=1S/C20H12Br2Cl2N2O2/c1-7-3-9(21)13(11(23)5-7)17-15-16(20(28)25-17)18(26-19(15)27)14-10(22)4-8(2)6-12(14)24/h3-6H,1-2H3,(H,25,28)(H,26,27). The number of rotatable bonds is 2. The largest absolute Gasteiger partial charge is 0.321 e. The summed E-state index contributed by atoms with van der Waals surface area (Å²) in [6, 6.07) is 7.32. The van der Waals surface area contributed by atoms with Crippen LogP contribution in [0.15, 0.2) is 44.4 Å². The molecular weight excluding hydrogens is 531 g/mol. The van der Waals surface area contributed by atoms with E-state index in [4.69, 9.17) is 23.2 Å². The molecule has 142 valence electrons. The van der Waals surface area contributed by atoms with E-state index in [9.17, 15) is 9.59 Å². The molecule has 2 aromatic carbocycles. The molecule has 0 saturated carbocycles. The molecular formula is C20H12Br2Cl2N2O2. The molecule has 0 aliphatic carbocycles. The lowest BCUT2D eigenvalue weighted by molar-refractivity contribution is -0.117. The average molecular weight is 543 g/mol. The van der Waals surface area contributed by atoms with Crippen molar-refractivity contribution in [3.05, 3.63) is 76.7 Å². The average Bonchev–Trinajstić information content (AvgIpc) is 3.05. The fourth-order valence-electron chi connectivity index (χ4n) is 3.43. The topological polar surface area (TPSA) is 58.2 Å². The van der Waals surface area contributed by atoms with Gasteiger partial charge in [-0.15, -0.1) is 0 Å². The Morgan fingerprint density at radius 2 is 1.07 bits per heavy atom. The Morgan fingerprint density at radius 1 is 0.714 bits per heavy atom. The highest BCUT2D eigenvalue weighted by atomic mass is 79.9. The summed E-state index contributed by atoms with van der Waals surface area (Å²) in [5.41, 5.74) is 4.32. The van der Waals surface area contributed by atoms with Gasteiger partial charge in [0.2, 0.25) is 0 Å². The normalized spacial score (nSPS) is 15.9. The summed E-state index contributed by atoms with van der Waals surface area (Å²) in [4.78, 5) is 25.7. The summed E-state index contributed by atoms with van der Waals surface area (Å²) < 4.78 is 1.38. The summed E-state index contributed by atoms with van der Waals surface area (Å²) in [7, 11) is 0. The molecule has 0 unspecified atom stereocenters. The van der Waals surface area contributed by atoms with Crippen LogP contribution in [0.1, 0.15) is 22.3 Å². The van der Waals surface area contributed by atoms with Crippen LogP contribution >= 0.6 is 55.1 Å². The van der Waals surface area contributed by atoms with Crippen molar-refractivity contribution >= 4 is 78.3 Å². The van der Waals surface area contributed by atoms with Crippen LogP contribution in [-0.4, -0.2) is 11.8 Å². The second-order valence-corrected chi connectivity index (χ2v) is 9.14. The fraction of sp³-hybridized carbons (Fsp3) is 0.100. The number of hydrogen-bond donors (Lipinski definition) is 2. The first-order valence-corrected chi connectivity index (χ1v) is 10.6. The molecule has 0 aromatic heterocycles. The number of carbonyl (C=O) groups excluding carboxylic acids is 2. The molecule has 2 amide bonds. The predicted molar refractivity (Wildman–Crippen MR) is 118 cm³/mol. The molecule has 2 aliphatic heterocycles. The van der Waals surface area contributed by atoms with Crippen LogP contribution in [0, 0.1) is 13.8 Å². The van der Waals surface area contributed by atoms with Crippen molar-refractivity contribution in [3.63, 3.8) is 0 Å². The first kappa shape index (κ1) is 19.7. The number of nitrogens with one attached hydrogen (secondary N) is 2. The van der Waals surface area contributed by atoms with Gasteiger partial charge in [0.05, 0.1) is 32.6 Å². The molecule has 0 atom stereocenters. The molecule has 8 heteroatoms. The van der Waals surface area contributed by atoms with Crippen molar-refractivity contribution in [3.8, 4) is 0 Å². The Kier molecular flexibility index (Phi) is 4.94. The van der Waals surface area contributed by atoms with Crippen molar-refractivity contribution in [2.45, 2.75) is 13.8 Å². The minimum Gasteiger partial charge on any atom is -0.321 e. The molecule has 2 aromatic rings. The monoisotopic (exact) mass is 540 g/mol. The summed E-state index contributed by atoms with van der Waals surface area (Å²) in [5, 5.41) is 6.48. The van der Waals surface area contributed by atoms with E-state index in [1.165, 1.54) is 0 Å². The van der Waals surface area contributed by atoms with Crippen LogP contribution in [0.5, 0.6) is 0 Å². The van der Waals surface area contributed by atoms with E-state index in [2.05, 4.69) is 42.5 Å². The highest BCUT2D eigenvalue weighted by Crippen LogP contribution is 2.44. The number of carbonyl (C=O) groups is 2. The Hall–Kier alpha value is -1.60. The summed E-state index contributed by atoms with van der Waals surface area (Å²) >= 11 is 19.8. The Morgan fingerprint density at radius 3 is 1.39 bits per heavy atom. The Bertz CT molecular complexity index is 1030. The zero-order valence-electron chi connectivity index (χ0n) is 14.6. The molecule has 4 rings (SSSR count). The molecule has 2 aliphatic rings. The summed E-state index contributed by atoms with van der Waals surface area (Å²) in [6.07, 6.45) is 0. The number of amides is 2. The maximum Gasteiger partial charge on any atom is 0.258 e. The number of halogens is 4. The van der Waals surface area contributed by atoms with Crippen LogP contribution in [-0.2, 0) is 9.59 Å². The molecule has 0 bridgehead atoms. The third-order valence-corrected chi connectivity index (χ3v) is 6.40. The molecule has 0 radical (unpaired) electrons. The lowest BCUT2D eigenvalue weighted by Gasteiger charge is -2.13. The van der Waals surface area contributed by atoms with Gasteiger partial charge in [-0.2, -0.15) is 0 Å². The van der Waals surface area contributed by atoms with Gasteiger partial charge in [0.1, 0.15) is 0 Å². The number of benzene rings is 2. The van der Waals surface area contributed by atoms with Crippen molar-refractivity contribution < 1.29 is 9.59 Å². The van der Waals surface area contributed by atoms with Crippen LogP contribution in [0.2, 0.25) is 10.0 Å². The third-order valence-electron chi connectivity index (χ3n) is 4.55. The second kappa shape index (κ2) is 7.02. The summed E-state index contributed by atoms with van der Waals surface area (Å²) in [5.74, 6) is -0.768. The minimum absolute atomic E-state index is 0.259. The third kappa shape index (κ3) is 3.03. The first-order valence-electron chi connectivity index (χ1n) is 8.22. The van der Waals surface area contributed by atoms with Crippen LogP contribution < -0.4 is 10.6 Å². The van der Waals surface area contributed by atoms with Crippen LogP contribution in [0.4, 0.5) is 0 Å². The smallest absolute Gasteiger partial charge is 0.258 e. The van der Waals surface area contributed by atoms with Gasteiger partial charge in [-0.05, 0) is 49.2 Å². The van der Waals surface area contributed by atoms with E-state index in [1.807, 2.05) is 26.0 Å². The maximum absolute atomic E-state index is 12.8. The maximum atomic E-state index is 12.8. The first-order chi connectivity index (χ1) is 13.2. The second-order valence-electron chi connectivity index (χ2n) is 6.62. The van der Waals surface area contributed by atoms with Gasteiger partial charge in [-0.3, -0.25) is 9.59 Å². The van der Waals surface area contributed by atoms with E-state index < -0.39 is 0 Å². The van der Waals surface area contributed by atoms with Gasteiger partial charge in [-0.1, -0.05) is 55.1 Å². The number of aryl methyl sites for hydroxylation is 2. The summed E-state index contributed by atoms with van der Waals surface area (Å²) in [6.45, 7) is 3.82. The van der Waals surface area contributed by atoms with E-state index in [0.717, 1.165) is 11.1 Å². The van der Waals surface area contributed by atoms with E-state index >= 15 is 0 Å². The lowest BCUT2D eigenvalue weighted by atomic mass is 10.0. The van der Waals surface area contributed by atoms with Crippen molar-refractivity contribution in [1.29, 1.82) is 0 Å². The van der Waals surface area contributed by atoms with Crippen LogP contribution in [0.3, 0.4) is 0 Å². The highest BCUT2D eigenvalue weighted by molar-refractivity contribution is 9.10. The molecule has 2 heterocycles. The van der Waals surface area contributed by atoms with Crippen molar-refractivity contribution in [1.82, 2.24) is 10.6 Å². The lowest BCUT2D eigenvalue weighted by Crippen LogP contribution is -2.22. The van der Waals surface area contributed by atoms with Gasteiger partial charge in [-0.25, -0.2) is 0 Å². The quantitative estimate of drug-likeness (QED) is 0.525. The van der Waals surface area contributed by atoms with Crippen molar-refractivity contribution in [2.75, 3.05) is 0 Å². The molecule has 0 saturated heterocycles. The molecule has 0 fully saturated rings. The Labute approximate surface area is 188 Å². The highest BCUT2D eigenvalue weighted by Gasteiger charge is 2.42. The zero-order chi connectivity index (χ0) is 20.3. The molecule has 4 nitrogen and oxygen atoms in total. The van der Waals surface area contributed by atoms with Gasteiger partial charge in [0.15, 0.2) is 0 Å². The predicted octanol–water partition coefficient (Wildman–Crippen LogP) is 5.52. The fourth-order valence-corrected chi connectivity index (χ4v) is 5.94. The molecule has 0 spiro atoms. The van der Waals surface area contributed by atoms with Gasteiger partial charge >= 0.3 is 0 Å². The molecule has 28 heavy (non-hydrogen) atoms. The van der Waals surface area contributed by atoms with E-state index in [0.29, 0.717) is 41.5 Å². The van der Waals surface area contributed by atoms with Gasteiger partial charge in [0, 0.05) is 20.1 Å². The van der Waals surface area contributed by atoms with Gasteiger partial charge < -0.3 is 10.6 Å².